The highest BCUT2D eigenvalue weighted by Gasteiger charge is 2.21. The second-order valence-corrected chi connectivity index (χ2v) is 5.74. The van der Waals surface area contributed by atoms with Crippen LogP contribution in [-0.4, -0.2) is 16.0 Å². The standard InChI is InChI=1S/C16H21N3O/c1-11(12-6-2-3-7-12)17-10-15-18-14-9-5-4-8-13(14)16(20)19-15/h4-5,8-9,11-12,17H,2-3,6-7,10H2,1H3,(H,18,19,20)/t11-/m0/s1. The van der Waals surface area contributed by atoms with Crippen molar-refractivity contribution in [2.75, 3.05) is 0 Å². The van der Waals surface area contributed by atoms with E-state index in [-0.39, 0.29) is 5.56 Å². The predicted octanol–water partition coefficient (Wildman–Crippen LogP) is 2.59. The van der Waals surface area contributed by atoms with Crippen LogP contribution < -0.4 is 10.9 Å². The first kappa shape index (κ1) is 13.3. The molecular formula is C16H21N3O. The average Bonchev–Trinajstić information content (AvgIpc) is 2.99. The van der Waals surface area contributed by atoms with Crippen molar-refractivity contribution >= 4 is 10.9 Å². The van der Waals surface area contributed by atoms with E-state index in [1.807, 2.05) is 18.2 Å². The third-order valence-corrected chi connectivity index (χ3v) is 4.36. The Kier molecular flexibility index (Phi) is 3.83. The topological polar surface area (TPSA) is 57.8 Å². The number of aromatic nitrogens is 2. The molecule has 1 aromatic heterocycles. The fraction of sp³-hybridized carbons (Fsp3) is 0.500. The summed E-state index contributed by atoms with van der Waals surface area (Å²) < 4.78 is 0. The van der Waals surface area contributed by atoms with Gasteiger partial charge in [0.1, 0.15) is 5.82 Å². The fourth-order valence-corrected chi connectivity index (χ4v) is 3.10. The number of benzene rings is 1. The summed E-state index contributed by atoms with van der Waals surface area (Å²) in [5.74, 6) is 1.49. The first-order chi connectivity index (χ1) is 9.74. The highest BCUT2D eigenvalue weighted by atomic mass is 16.1. The Morgan fingerprint density at radius 3 is 2.90 bits per heavy atom. The van der Waals surface area contributed by atoms with Crippen molar-refractivity contribution in [1.82, 2.24) is 15.3 Å². The highest BCUT2D eigenvalue weighted by Crippen LogP contribution is 2.27. The molecule has 1 aliphatic rings. The maximum atomic E-state index is 12.0. The van der Waals surface area contributed by atoms with Gasteiger partial charge >= 0.3 is 0 Å². The lowest BCUT2D eigenvalue weighted by atomic mass is 10.00. The molecule has 4 heteroatoms. The molecule has 0 saturated heterocycles. The molecule has 0 unspecified atom stereocenters. The predicted molar refractivity (Wildman–Crippen MR) is 80.6 cm³/mol. The molecule has 0 spiro atoms. The number of hydrogen-bond donors (Lipinski definition) is 2. The van der Waals surface area contributed by atoms with Gasteiger partial charge in [0.05, 0.1) is 17.4 Å². The maximum Gasteiger partial charge on any atom is 0.258 e. The summed E-state index contributed by atoms with van der Waals surface area (Å²) in [4.78, 5) is 19.4. The number of para-hydroxylation sites is 1. The van der Waals surface area contributed by atoms with E-state index in [1.165, 1.54) is 25.7 Å². The number of hydrogen-bond acceptors (Lipinski definition) is 3. The van der Waals surface area contributed by atoms with Gasteiger partial charge in [0.2, 0.25) is 0 Å². The van der Waals surface area contributed by atoms with Crippen LogP contribution in [0.1, 0.15) is 38.4 Å². The summed E-state index contributed by atoms with van der Waals surface area (Å²) >= 11 is 0. The molecule has 1 atom stereocenters. The molecule has 2 N–H and O–H groups in total. The van der Waals surface area contributed by atoms with Crippen LogP contribution in [0, 0.1) is 5.92 Å². The summed E-state index contributed by atoms with van der Waals surface area (Å²) in [6.07, 6.45) is 5.33. The molecular weight excluding hydrogens is 250 g/mol. The maximum absolute atomic E-state index is 12.0. The van der Waals surface area contributed by atoms with E-state index in [0.29, 0.717) is 18.0 Å². The zero-order chi connectivity index (χ0) is 13.9. The van der Waals surface area contributed by atoms with Crippen LogP contribution in [0.15, 0.2) is 29.1 Å². The van der Waals surface area contributed by atoms with Crippen molar-refractivity contribution in [1.29, 1.82) is 0 Å². The van der Waals surface area contributed by atoms with Gasteiger partial charge in [-0.25, -0.2) is 4.98 Å². The van der Waals surface area contributed by atoms with Crippen molar-refractivity contribution in [3.05, 3.63) is 40.4 Å². The minimum Gasteiger partial charge on any atom is -0.309 e. The Bertz CT molecular complexity index is 643. The molecule has 2 aromatic rings. The molecule has 20 heavy (non-hydrogen) atoms. The normalized spacial score (nSPS) is 17.6. The van der Waals surface area contributed by atoms with Crippen LogP contribution in [0.25, 0.3) is 10.9 Å². The van der Waals surface area contributed by atoms with Crippen LogP contribution in [-0.2, 0) is 6.54 Å². The van der Waals surface area contributed by atoms with E-state index in [2.05, 4.69) is 22.2 Å². The van der Waals surface area contributed by atoms with Gasteiger partial charge in [-0.15, -0.1) is 0 Å². The van der Waals surface area contributed by atoms with Crippen LogP contribution >= 0.6 is 0 Å². The molecule has 0 radical (unpaired) electrons. The fourth-order valence-electron chi connectivity index (χ4n) is 3.10. The molecule has 106 valence electrons. The van der Waals surface area contributed by atoms with Crippen molar-refractivity contribution in [2.24, 2.45) is 5.92 Å². The number of nitrogens with zero attached hydrogens (tertiary/aromatic N) is 1. The van der Waals surface area contributed by atoms with Gasteiger partial charge in [0, 0.05) is 6.04 Å². The van der Waals surface area contributed by atoms with Gasteiger partial charge in [-0.1, -0.05) is 25.0 Å². The van der Waals surface area contributed by atoms with Crippen molar-refractivity contribution in [3.8, 4) is 0 Å². The molecule has 1 aliphatic carbocycles. The third kappa shape index (κ3) is 2.75. The summed E-state index contributed by atoms with van der Waals surface area (Å²) in [5, 5.41) is 4.15. The summed E-state index contributed by atoms with van der Waals surface area (Å²) in [7, 11) is 0. The molecule has 3 rings (SSSR count). The largest absolute Gasteiger partial charge is 0.309 e. The molecule has 0 amide bonds. The van der Waals surface area contributed by atoms with E-state index in [4.69, 9.17) is 0 Å². The molecule has 0 bridgehead atoms. The van der Waals surface area contributed by atoms with E-state index in [0.717, 1.165) is 17.3 Å². The van der Waals surface area contributed by atoms with Gasteiger partial charge in [-0.2, -0.15) is 0 Å². The highest BCUT2D eigenvalue weighted by molar-refractivity contribution is 5.77. The zero-order valence-corrected chi connectivity index (χ0v) is 11.9. The number of rotatable bonds is 4. The van der Waals surface area contributed by atoms with Gasteiger partial charge < -0.3 is 10.3 Å². The van der Waals surface area contributed by atoms with E-state index in [9.17, 15) is 4.79 Å². The van der Waals surface area contributed by atoms with Gasteiger partial charge in [0.15, 0.2) is 0 Å². The number of nitrogens with one attached hydrogen (secondary N) is 2. The Morgan fingerprint density at radius 1 is 1.35 bits per heavy atom. The Hall–Kier alpha value is -1.68. The van der Waals surface area contributed by atoms with E-state index < -0.39 is 0 Å². The van der Waals surface area contributed by atoms with E-state index in [1.54, 1.807) is 6.07 Å². The summed E-state index contributed by atoms with van der Waals surface area (Å²) in [5.41, 5.74) is 0.711. The lowest BCUT2D eigenvalue weighted by Crippen LogP contribution is -2.33. The molecule has 1 aromatic carbocycles. The van der Waals surface area contributed by atoms with Gasteiger partial charge in [-0.3, -0.25) is 4.79 Å². The number of aromatic amines is 1. The van der Waals surface area contributed by atoms with E-state index >= 15 is 0 Å². The van der Waals surface area contributed by atoms with Gasteiger partial charge in [-0.05, 0) is 37.8 Å². The minimum absolute atomic E-state index is 0.0547. The minimum atomic E-state index is -0.0547. The zero-order valence-electron chi connectivity index (χ0n) is 11.9. The number of fused-ring (bicyclic) bond motifs is 1. The lowest BCUT2D eigenvalue weighted by Gasteiger charge is -2.20. The third-order valence-electron chi connectivity index (χ3n) is 4.36. The smallest absolute Gasteiger partial charge is 0.258 e. The first-order valence-electron chi connectivity index (χ1n) is 7.45. The Morgan fingerprint density at radius 2 is 2.10 bits per heavy atom. The molecule has 0 aliphatic heterocycles. The van der Waals surface area contributed by atoms with Crippen LogP contribution in [0.5, 0.6) is 0 Å². The molecule has 4 nitrogen and oxygen atoms in total. The molecule has 1 saturated carbocycles. The Labute approximate surface area is 118 Å². The van der Waals surface area contributed by atoms with Crippen LogP contribution in [0.3, 0.4) is 0 Å². The molecule has 1 heterocycles. The number of H-pyrrole nitrogens is 1. The van der Waals surface area contributed by atoms with Crippen molar-refractivity contribution in [3.63, 3.8) is 0 Å². The summed E-state index contributed by atoms with van der Waals surface area (Å²) in [6, 6.07) is 7.94. The quantitative estimate of drug-likeness (QED) is 0.898. The summed E-state index contributed by atoms with van der Waals surface area (Å²) in [6.45, 7) is 2.85. The average molecular weight is 271 g/mol. The van der Waals surface area contributed by atoms with Crippen LogP contribution in [0.4, 0.5) is 0 Å². The lowest BCUT2D eigenvalue weighted by molar-refractivity contribution is 0.377. The second-order valence-electron chi connectivity index (χ2n) is 5.74. The van der Waals surface area contributed by atoms with Crippen molar-refractivity contribution < 1.29 is 0 Å². The molecule has 1 fully saturated rings. The SMILES string of the molecule is C[C@H](NCc1nc2ccccc2c(=O)[nH]1)C1CCCC1. The first-order valence-corrected chi connectivity index (χ1v) is 7.45. The Balaban J connectivity index is 1.72. The van der Waals surface area contributed by atoms with Gasteiger partial charge in [0.25, 0.3) is 5.56 Å². The van der Waals surface area contributed by atoms with Crippen molar-refractivity contribution in [2.45, 2.75) is 45.2 Å². The van der Waals surface area contributed by atoms with Crippen LogP contribution in [0.2, 0.25) is 0 Å². The second kappa shape index (κ2) is 5.75. The monoisotopic (exact) mass is 271 g/mol.